The van der Waals surface area contributed by atoms with Crippen molar-refractivity contribution >= 4 is 43.2 Å². The summed E-state index contributed by atoms with van der Waals surface area (Å²) in [6, 6.07) is 0. The summed E-state index contributed by atoms with van der Waals surface area (Å²) in [4.78, 5) is 4.33. The molecule has 0 radical (unpaired) electrons. The van der Waals surface area contributed by atoms with E-state index in [4.69, 9.17) is 3.07 Å². The summed E-state index contributed by atoms with van der Waals surface area (Å²) >= 11 is -1.48. The summed E-state index contributed by atoms with van der Waals surface area (Å²) in [6.07, 6.45) is 0. The van der Waals surface area contributed by atoms with Gasteiger partial charge in [-0.1, -0.05) is 0 Å². The monoisotopic (exact) mass is 327 g/mol. The van der Waals surface area contributed by atoms with E-state index in [1.165, 1.54) is 0 Å². The van der Waals surface area contributed by atoms with Crippen LogP contribution in [0.15, 0.2) is 4.88 Å². The average molecular weight is 327 g/mol. The normalized spacial score (nSPS) is 16.5. The summed E-state index contributed by atoms with van der Waals surface area (Å²) in [6.45, 7) is 4.86. The molecule has 0 aliphatic carbocycles. The number of rotatable bonds is 4. The van der Waals surface area contributed by atoms with Gasteiger partial charge in [-0.2, -0.15) is 0 Å². The van der Waals surface area contributed by atoms with Crippen LogP contribution >= 0.6 is 43.2 Å². The molecule has 68 valence electrons. The molecule has 0 aromatic rings. The van der Waals surface area contributed by atoms with Crippen LogP contribution in [-0.2, 0) is 3.07 Å². The fourth-order valence-corrected chi connectivity index (χ4v) is 7.17. The van der Waals surface area contributed by atoms with E-state index in [1.807, 2.05) is 14.0 Å². The van der Waals surface area contributed by atoms with Gasteiger partial charge in [-0.15, -0.1) is 0 Å². The van der Waals surface area contributed by atoms with Crippen LogP contribution in [0, 0.1) is 0 Å². The van der Waals surface area contributed by atoms with Gasteiger partial charge in [0.15, 0.2) is 0 Å². The first-order valence-corrected chi connectivity index (χ1v) is 12.2. The minimum absolute atomic E-state index is 0.358. The molecule has 0 fully saturated rings. The fourth-order valence-electron chi connectivity index (χ4n) is 0.392. The minimum atomic E-state index is -1.48. The number of hydrogen-bond donors (Lipinski definition) is 1. The van der Waals surface area contributed by atoms with Crippen LogP contribution in [0.1, 0.15) is 6.92 Å². The molecule has 0 aromatic heterocycles. The summed E-state index contributed by atoms with van der Waals surface area (Å²) in [7, 11) is 8.81. The molecule has 2 atom stereocenters. The Balaban J connectivity index is 3.82. The van der Waals surface area contributed by atoms with E-state index >= 15 is 0 Å². The molecule has 11 heavy (non-hydrogen) atoms. The van der Waals surface area contributed by atoms with Gasteiger partial charge in [0.2, 0.25) is 0 Å². The summed E-state index contributed by atoms with van der Waals surface area (Å²) < 4.78 is 7.18. The Labute approximate surface area is 82.6 Å². The molecular weight excluding hydrogens is 313 g/mol. The predicted molar refractivity (Wildman–Crippen MR) is 65.8 cm³/mol. The van der Waals surface area contributed by atoms with Crippen LogP contribution in [0.3, 0.4) is 0 Å². The van der Waals surface area contributed by atoms with E-state index in [0.29, 0.717) is 0 Å². The van der Waals surface area contributed by atoms with Crippen LogP contribution in [0.25, 0.3) is 0 Å². The van der Waals surface area contributed by atoms with Gasteiger partial charge in [-0.3, -0.25) is 0 Å². The SMILES string of the molecule is CCOI(S)P(C)N=[N+](C)P. The summed E-state index contributed by atoms with van der Waals surface area (Å²) in [5.74, 6) is 0. The predicted octanol–water partition coefficient (Wildman–Crippen LogP) is 3.12. The molecule has 3 nitrogen and oxygen atoms in total. The Morgan fingerprint density at radius 1 is 1.82 bits per heavy atom. The van der Waals surface area contributed by atoms with E-state index in [1.54, 1.807) is 4.47 Å². The number of nitrogens with zero attached hydrogens (tertiary/aromatic N) is 2. The Hall–Kier alpha value is 1.50. The Morgan fingerprint density at radius 3 is 2.73 bits per heavy atom. The van der Waals surface area contributed by atoms with E-state index in [-0.39, 0.29) is 5.71 Å². The van der Waals surface area contributed by atoms with Gasteiger partial charge >= 0.3 is 82.9 Å². The van der Waals surface area contributed by atoms with Crippen LogP contribution < -0.4 is 0 Å². The molecule has 0 rings (SSSR count). The first kappa shape index (κ1) is 12.5. The topological polar surface area (TPSA) is 24.6 Å². The molecule has 0 aliphatic rings. The molecule has 0 saturated carbocycles. The third-order valence-electron chi connectivity index (χ3n) is 0.680. The quantitative estimate of drug-likeness (QED) is 0.365. The van der Waals surface area contributed by atoms with E-state index in [0.717, 1.165) is 6.61 Å². The zero-order valence-electron chi connectivity index (χ0n) is 6.86. The zero-order chi connectivity index (χ0) is 8.85. The van der Waals surface area contributed by atoms with Crippen LogP contribution in [-0.4, -0.2) is 24.8 Å². The maximum atomic E-state index is 5.42. The molecule has 0 saturated heterocycles. The first-order valence-electron chi connectivity index (χ1n) is 3.04. The van der Waals surface area contributed by atoms with Crippen molar-refractivity contribution < 1.29 is 7.53 Å². The van der Waals surface area contributed by atoms with Gasteiger partial charge < -0.3 is 0 Å². The molecule has 0 bridgehead atoms. The molecule has 2 unspecified atom stereocenters. The standard InChI is InChI=1S/C4H14IN2OP2S/c1-4-8-5(11)10(3)6-7(2)9/h11H,4,9H2,1-3H3/q+1. The third kappa shape index (κ3) is 6.64. The van der Waals surface area contributed by atoms with Crippen molar-refractivity contribution in [1.29, 1.82) is 0 Å². The molecule has 0 aromatic carbocycles. The number of hydrogen-bond acceptors (Lipinski definition) is 3. The van der Waals surface area contributed by atoms with Gasteiger partial charge in [-0.05, 0) is 0 Å². The Morgan fingerprint density at radius 2 is 2.36 bits per heavy atom. The van der Waals surface area contributed by atoms with E-state index in [9.17, 15) is 0 Å². The van der Waals surface area contributed by atoms with Gasteiger partial charge in [0.1, 0.15) is 0 Å². The van der Waals surface area contributed by atoms with Crippen molar-refractivity contribution in [3.63, 3.8) is 0 Å². The van der Waals surface area contributed by atoms with E-state index < -0.39 is 18.3 Å². The van der Waals surface area contributed by atoms with Gasteiger partial charge in [0.05, 0.1) is 0 Å². The molecule has 7 heteroatoms. The van der Waals surface area contributed by atoms with Crippen molar-refractivity contribution in [3.8, 4) is 0 Å². The Kier molecular flexibility index (Phi) is 7.91. The second-order valence-corrected chi connectivity index (χ2v) is 15.5. The first-order chi connectivity index (χ1) is 5.07. The van der Waals surface area contributed by atoms with Crippen molar-refractivity contribution in [1.82, 2.24) is 0 Å². The molecule has 0 aliphatic heterocycles. The van der Waals surface area contributed by atoms with Gasteiger partial charge in [0, 0.05) is 0 Å². The Bertz CT molecular complexity index is 144. The van der Waals surface area contributed by atoms with Crippen LogP contribution in [0.4, 0.5) is 0 Å². The molecule has 0 spiro atoms. The molecule has 0 N–H and O–H groups in total. The number of halogens is 1. The number of thiol groups is 1. The van der Waals surface area contributed by atoms with Crippen molar-refractivity contribution in [2.24, 2.45) is 4.88 Å². The van der Waals surface area contributed by atoms with Gasteiger partial charge in [-0.25, -0.2) is 0 Å². The zero-order valence-corrected chi connectivity index (χ0v) is 12.0. The fraction of sp³-hybridized carbons (Fsp3) is 1.00. The van der Waals surface area contributed by atoms with Crippen LogP contribution in [0.5, 0.6) is 0 Å². The second-order valence-electron chi connectivity index (χ2n) is 1.72. The van der Waals surface area contributed by atoms with Crippen molar-refractivity contribution in [2.45, 2.75) is 6.92 Å². The average Bonchev–Trinajstić information content (AvgIpc) is 1.86. The summed E-state index contributed by atoms with van der Waals surface area (Å²) in [5, 5.41) is 0. The second kappa shape index (κ2) is 6.96. The molecule has 0 heterocycles. The van der Waals surface area contributed by atoms with E-state index in [2.05, 4.69) is 30.7 Å². The van der Waals surface area contributed by atoms with Crippen LogP contribution in [0.2, 0.25) is 0 Å². The van der Waals surface area contributed by atoms with Gasteiger partial charge in [0.25, 0.3) is 0 Å². The van der Waals surface area contributed by atoms with Crippen molar-refractivity contribution in [2.75, 3.05) is 20.3 Å². The maximum absolute atomic E-state index is 5.42. The van der Waals surface area contributed by atoms with Crippen molar-refractivity contribution in [3.05, 3.63) is 0 Å². The molecular formula is C4H14IN2OP2S+. The summed E-state index contributed by atoms with van der Waals surface area (Å²) in [5.41, 5.74) is -0.358. The third-order valence-corrected chi connectivity index (χ3v) is 13.0. The molecule has 0 amide bonds.